The monoisotopic (exact) mass is 209 g/mol. The van der Waals surface area contributed by atoms with Crippen LogP contribution in [-0.4, -0.2) is 15.4 Å². The van der Waals surface area contributed by atoms with Crippen molar-refractivity contribution in [1.29, 1.82) is 0 Å². The van der Waals surface area contributed by atoms with E-state index >= 15 is 0 Å². The van der Waals surface area contributed by atoms with Crippen LogP contribution in [0.15, 0.2) is 24.5 Å². The van der Waals surface area contributed by atoms with Gasteiger partial charge in [0.15, 0.2) is 0 Å². The van der Waals surface area contributed by atoms with Gasteiger partial charge in [0.05, 0.1) is 11.2 Å². The number of aromatic nitrogens is 2. The zero-order valence-electron chi connectivity index (χ0n) is 7.94. The topological polar surface area (TPSA) is 43.3 Å². The van der Waals surface area contributed by atoms with Crippen LogP contribution in [-0.2, 0) is 6.42 Å². The van der Waals surface area contributed by atoms with Crippen LogP contribution in [0.3, 0.4) is 0 Å². The smallest absolute Gasteiger partial charge is 0.114 e. The maximum Gasteiger partial charge on any atom is 0.114 e. The fourth-order valence-electron chi connectivity index (χ4n) is 1.50. The van der Waals surface area contributed by atoms with Crippen molar-refractivity contribution in [2.24, 2.45) is 5.73 Å². The lowest BCUT2D eigenvalue weighted by Crippen LogP contribution is -2.18. The Balaban J connectivity index is 2.52. The van der Waals surface area contributed by atoms with Gasteiger partial charge in [0.25, 0.3) is 0 Å². The Morgan fingerprint density at radius 3 is 3.07 bits per heavy atom. The molecule has 0 radical (unpaired) electrons. The van der Waals surface area contributed by atoms with Gasteiger partial charge in [-0.2, -0.15) is 0 Å². The van der Waals surface area contributed by atoms with Crippen molar-refractivity contribution < 1.29 is 0 Å². The van der Waals surface area contributed by atoms with Gasteiger partial charge in [0.1, 0.15) is 11.5 Å². The Hall–Kier alpha value is -1.06. The molecule has 0 aliphatic heterocycles. The number of nitrogens with zero attached hydrogens (tertiary/aromatic N) is 2. The highest BCUT2D eigenvalue weighted by Gasteiger charge is 2.07. The Morgan fingerprint density at radius 1 is 1.57 bits per heavy atom. The van der Waals surface area contributed by atoms with Crippen LogP contribution >= 0.6 is 11.6 Å². The minimum Gasteiger partial charge on any atom is -0.328 e. The van der Waals surface area contributed by atoms with Crippen molar-refractivity contribution in [3.05, 3.63) is 35.4 Å². The van der Waals surface area contributed by atoms with E-state index in [1.807, 2.05) is 29.5 Å². The molecule has 0 saturated carbocycles. The Bertz CT molecular complexity index is 448. The summed E-state index contributed by atoms with van der Waals surface area (Å²) in [6.07, 6.45) is 2.51. The van der Waals surface area contributed by atoms with E-state index in [4.69, 9.17) is 17.3 Å². The summed E-state index contributed by atoms with van der Waals surface area (Å²) in [4.78, 5) is 4.29. The second kappa shape index (κ2) is 3.59. The molecule has 2 rings (SSSR count). The van der Waals surface area contributed by atoms with Gasteiger partial charge >= 0.3 is 0 Å². The van der Waals surface area contributed by atoms with E-state index in [0.717, 1.165) is 17.6 Å². The lowest BCUT2D eigenvalue weighted by Gasteiger charge is -2.02. The largest absolute Gasteiger partial charge is 0.328 e. The van der Waals surface area contributed by atoms with Crippen LogP contribution in [0, 0.1) is 0 Å². The molecule has 74 valence electrons. The fourth-order valence-corrected chi connectivity index (χ4v) is 1.71. The summed E-state index contributed by atoms with van der Waals surface area (Å²) in [5, 5.41) is 0.672. The molecule has 0 aliphatic rings. The van der Waals surface area contributed by atoms with E-state index < -0.39 is 0 Å². The third kappa shape index (κ3) is 1.61. The van der Waals surface area contributed by atoms with Crippen LogP contribution in [0.5, 0.6) is 0 Å². The molecule has 0 aliphatic carbocycles. The number of imidazole rings is 1. The summed E-state index contributed by atoms with van der Waals surface area (Å²) >= 11 is 6.00. The zero-order valence-corrected chi connectivity index (χ0v) is 8.70. The van der Waals surface area contributed by atoms with Gasteiger partial charge in [0.2, 0.25) is 0 Å². The van der Waals surface area contributed by atoms with Gasteiger partial charge in [-0.3, -0.25) is 4.40 Å². The average Bonchev–Trinajstić information content (AvgIpc) is 2.49. The highest BCUT2D eigenvalue weighted by atomic mass is 35.5. The molecule has 2 N–H and O–H groups in total. The number of halogens is 1. The van der Waals surface area contributed by atoms with Crippen LogP contribution < -0.4 is 5.73 Å². The third-order valence-electron chi connectivity index (χ3n) is 2.12. The number of hydrogen-bond acceptors (Lipinski definition) is 2. The van der Waals surface area contributed by atoms with Crippen LogP contribution in [0.25, 0.3) is 5.52 Å². The van der Waals surface area contributed by atoms with Gasteiger partial charge in [0, 0.05) is 12.5 Å². The van der Waals surface area contributed by atoms with E-state index in [1.54, 1.807) is 6.33 Å². The van der Waals surface area contributed by atoms with Crippen molar-refractivity contribution in [3.8, 4) is 0 Å². The molecule has 0 aromatic carbocycles. The van der Waals surface area contributed by atoms with Crippen LogP contribution in [0.1, 0.15) is 12.6 Å². The predicted octanol–water partition coefficient (Wildman–Crippen LogP) is 1.88. The second-order valence-corrected chi connectivity index (χ2v) is 3.86. The molecule has 0 bridgehead atoms. The molecule has 4 heteroatoms. The summed E-state index contributed by atoms with van der Waals surface area (Å²) in [6, 6.07) is 5.87. The molecule has 3 nitrogen and oxygen atoms in total. The zero-order chi connectivity index (χ0) is 10.1. The lowest BCUT2D eigenvalue weighted by atomic mass is 10.2. The fraction of sp³-hybridized carbons (Fsp3) is 0.300. The van der Waals surface area contributed by atoms with Crippen LogP contribution in [0.4, 0.5) is 0 Å². The Labute approximate surface area is 87.5 Å². The van der Waals surface area contributed by atoms with Crippen molar-refractivity contribution in [3.63, 3.8) is 0 Å². The molecule has 2 aromatic rings. The quantitative estimate of drug-likeness (QED) is 0.768. The van der Waals surface area contributed by atoms with Gasteiger partial charge in [-0.15, -0.1) is 0 Å². The summed E-state index contributed by atoms with van der Waals surface area (Å²) < 4.78 is 1.86. The minimum atomic E-state index is 0.118. The van der Waals surface area contributed by atoms with E-state index in [9.17, 15) is 0 Å². The van der Waals surface area contributed by atoms with Gasteiger partial charge in [-0.1, -0.05) is 17.7 Å². The van der Waals surface area contributed by atoms with Crippen molar-refractivity contribution >= 4 is 17.1 Å². The number of hydrogen-bond donors (Lipinski definition) is 1. The second-order valence-electron chi connectivity index (χ2n) is 3.48. The van der Waals surface area contributed by atoms with Gasteiger partial charge in [-0.25, -0.2) is 4.98 Å². The maximum absolute atomic E-state index is 6.00. The van der Waals surface area contributed by atoms with E-state index in [1.165, 1.54) is 0 Å². The van der Waals surface area contributed by atoms with E-state index in [0.29, 0.717) is 5.15 Å². The molecule has 0 saturated heterocycles. The molecule has 0 amide bonds. The normalized spacial score (nSPS) is 13.4. The van der Waals surface area contributed by atoms with Crippen LogP contribution in [0.2, 0.25) is 5.15 Å². The predicted molar refractivity (Wildman–Crippen MR) is 57.6 cm³/mol. The maximum atomic E-state index is 6.00. The molecule has 14 heavy (non-hydrogen) atoms. The molecule has 0 spiro atoms. The summed E-state index contributed by atoms with van der Waals surface area (Å²) in [5.41, 5.74) is 7.77. The first kappa shape index (κ1) is 9.49. The van der Waals surface area contributed by atoms with Crippen molar-refractivity contribution in [2.45, 2.75) is 19.4 Å². The van der Waals surface area contributed by atoms with Gasteiger partial charge in [-0.05, 0) is 19.1 Å². The summed E-state index contributed by atoms with van der Waals surface area (Å²) in [5.74, 6) is 0. The number of nitrogens with two attached hydrogens (primary N) is 1. The lowest BCUT2D eigenvalue weighted by molar-refractivity contribution is 0.729. The average molecular weight is 210 g/mol. The molecule has 0 fully saturated rings. The SMILES string of the molecule is CC(N)Cc1ncn2c(Cl)cccc12. The Morgan fingerprint density at radius 2 is 2.36 bits per heavy atom. The number of fused-ring (bicyclic) bond motifs is 1. The third-order valence-corrected chi connectivity index (χ3v) is 2.43. The standard InChI is InChI=1S/C10H12ClN3/c1-7(12)5-8-9-3-2-4-10(11)14(9)6-13-8/h2-4,6-7H,5,12H2,1H3. The minimum absolute atomic E-state index is 0.118. The van der Waals surface area contributed by atoms with E-state index in [2.05, 4.69) is 4.98 Å². The summed E-state index contributed by atoms with van der Waals surface area (Å²) in [7, 11) is 0. The molecule has 1 atom stereocenters. The molecular formula is C10H12ClN3. The first-order valence-corrected chi connectivity index (χ1v) is 4.92. The van der Waals surface area contributed by atoms with E-state index in [-0.39, 0.29) is 6.04 Å². The molecular weight excluding hydrogens is 198 g/mol. The molecule has 1 unspecified atom stereocenters. The van der Waals surface area contributed by atoms with Crippen molar-refractivity contribution in [1.82, 2.24) is 9.38 Å². The number of rotatable bonds is 2. The van der Waals surface area contributed by atoms with Crippen molar-refractivity contribution in [2.75, 3.05) is 0 Å². The first-order valence-electron chi connectivity index (χ1n) is 4.54. The molecule has 2 aromatic heterocycles. The first-order chi connectivity index (χ1) is 6.68. The highest BCUT2D eigenvalue weighted by molar-refractivity contribution is 6.29. The molecule has 2 heterocycles. The number of pyridine rings is 1. The van der Waals surface area contributed by atoms with Gasteiger partial charge < -0.3 is 5.73 Å². The Kier molecular flexibility index (Phi) is 2.44. The highest BCUT2D eigenvalue weighted by Crippen LogP contribution is 2.16. The summed E-state index contributed by atoms with van der Waals surface area (Å²) in [6.45, 7) is 1.97.